The van der Waals surface area contributed by atoms with Gasteiger partial charge in [-0.1, -0.05) is 11.8 Å². The summed E-state index contributed by atoms with van der Waals surface area (Å²) in [6, 6.07) is 0. The van der Waals surface area contributed by atoms with Crippen LogP contribution in [0.25, 0.3) is 0 Å². The Kier molecular flexibility index (Phi) is 3.52. The van der Waals surface area contributed by atoms with Gasteiger partial charge in [0.2, 0.25) is 0 Å². The predicted molar refractivity (Wildman–Crippen MR) is 71.6 cm³/mol. The number of carboxylic acid groups (broad SMARTS) is 1. The molecule has 1 aliphatic rings. The number of thioether (sulfide) groups is 1. The monoisotopic (exact) mass is 296 g/mol. The van der Waals surface area contributed by atoms with Crippen molar-refractivity contribution >= 4 is 29.1 Å². The van der Waals surface area contributed by atoms with Crippen LogP contribution in [-0.4, -0.2) is 36.6 Å². The van der Waals surface area contributed by atoms with Crippen molar-refractivity contribution in [3.05, 3.63) is 22.4 Å². The van der Waals surface area contributed by atoms with E-state index in [1.807, 2.05) is 10.8 Å². The normalized spacial score (nSPS) is 14.7. The average molecular weight is 296 g/mol. The molecular weight excluding hydrogens is 284 g/mol. The number of hydrogen-bond donors (Lipinski definition) is 1. The second-order valence-corrected chi connectivity index (χ2v) is 6.26. The summed E-state index contributed by atoms with van der Waals surface area (Å²) in [5.41, 5.74) is 1.79. The molecule has 2 aromatic heterocycles. The summed E-state index contributed by atoms with van der Waals surface area (Å²) in [5.74, 6) is 0.622. The molecule has 0 amide bonds. The Morgan fingerprint density at radius 2 is 2.37 bits per heavy atom. The van der Waals surface area contributed by atoms with E-state index in [2.05, 4.69) is 15.2 Å². The molecule has 8 heteroatoms. The smallest absolute Gasteiger partial charge is 0.313 e. The van der Waals surface area contributed by atoms with Crippen LogP contribution in [-0.2, 0) is 11.3 Å². The maximum Gasteiger partial charge on any atom is 0.313 e. The molecule has 6 nitrogen and oxygen atoms in total. The Morgan fingerprint density at radius 3 is 3.00 bits per heavy atom. The van der Waals surface area contributed by atoms with Crippen molar-refractivity contribution in [2.45, 2.75) is 30.5 Å². The van der Waals surface area contributed by atoms with Gasteiger partial charge in [0, 0.05) is 17.0 Å². The first kappa shape index (κ1) is 12.6. The Morgan fingerprint density at radius 1 is 1.53 bits per heavy atom. The Hall–Kier alpha value is -1.41. The van der Waals surface area contributed by atoms with E-state index in [0.717, 1.165) is 23.5 Å². The lowest BCUT2D eigenvalue weighted by molar-refractivity contribution is -0.133. The van der Waals surface area contributed by atoms with Gasteiger partial charge in [-0.25, -0.2) is 0 Å². The number of aliphatic carboxylic acids is 1. The summed E-state index contributed by atoms with van der Waals surface area (Å²) in [4.78, 5) is 15.9. The second-order valence-electron chi connectivity index (χ2n) is 4.35. The zero-order chi connectivity index (χ0) is 13.2. The molecule has 0 unspecified atom stereocenters. The number of rotatable bonds is 6. The molecule has 3 rings (SSSR count). The summed E-state index contributed by atoms with van der Waals surface area (Å²) >= 11 is 2.80. The van der Waals surface area contributed by atoms with Crippen molar-refractivity contribution in [1.82, 2.24) is 19.7 Å². The highest BCUT2D eigenvalue weighted by Crippen LogP contribution is 2.40. The standard InChI is InChI=1S/C11H12N4O2S2/c16-9(17)5-18-11-14-13-10(7-1-2-7)15(11)4-8-3-12-6-19-8/h3,6-7H,1-2,4-5H2,(H,16,17). The molecule has 100 valence electrons. The van der Waals surface area contributed by atoms with Crippen molar-refractivity contribution in [2.75, 3.05) is 5.75 Å². The molecule has 2 heterocycles. The van der Waals surface area contributed by atoms with Gasteiger partial charge in [0.15, 0.2) is 5.16 Å². The zero-order valence-corrected chi connectivity index (χ0v) is 11.7. The number of aromatic nitrogens is 4. The first-order chi connectivity index (χ1) is 9.24. The molecule has 1 aliphatic carbocycles. The molecule has 0 aromatic carbocycles. The van der Waals surface area contributed by atoms with Crippen LogP contribution in [0.15, 0.2) is 16.9 Å². The van der Waals surface area contributed by atoms with E-state index in [0.29, 0.717) is 17.6 Å². The van der Waals surface area contributed by atoms with Crippen molar-refractivity contribution in [2.24, 2.45) is 0 Å². The van der Waals surface area contributed by atoms with E-state index in [9.17, 15) is 4.79 Å². The van der Waals surface area contributed by atoms with E-state index >= 15 is 0 Å². The molecule has 1 fully saturated rings. The van der Waals surface area contributed by atoms with Crippen LogP contribution < -0.4 is 0 Å². The quantitative estimate of drug-likeness (QED) is 0.819. The minimum Gasteiger partial charge on any atom is -0.481 e. The van der Waals surface area contributed by atoms with Gasteiger partial charge in [-0.05, 0) is 12.8 Å². The fraction of sp³-hybridized carbons (Fsp3) is 0.455. The number of hydrogen-bond acceptors (Lipinski definition) is 6. The highest BCUT2D eigenvalue weighted by Gasteiger charge is 2.30. The molecule has 0 bridgehead atoms. The highest BCUT2D eigenvalue weighted by atomic mass is 32.2. The number of carbonyl (C=O) groups is 1. The van der Waals surface area contributed by atoms with Crippen LogP contribution in [0.1, 0.15) is 29.5 Å². The lowest BCUT2D eigenvalue weighted by Gasteiger charge is -2.07. The van der Waals surface area contributed by atoms with Crippen LogP contribution in [0, 0.1) is 0 Å². The molecule has 1 N–H and O–H groups in total. The summed E-state index contributed by atoms with van der Waals surface area (Å²) in [5, 5.41) is 17.8. The van der Waals surface area contributed by atoms with Crippen molar-refractivity contribution in [3.63, 3.8) is 0 Å². The third-order valence-corrected chi connectivity index (χ3v) is 4.53. The van der Waals surface area contributed by atoms with Crippen LogP contribution >= 0.6 is 23.1 Å². The van der Waals surface area contributed by atoms with E-state index in [1.54, 1.807) is 16.8 Å². The van der Waals surface area contributed by atoms with Gasteiger partial charge < -0.3 is 9.67 Å². The second kappa shape index (κ2) is 5.30. The minimum atomic E-state index is -0.842. The molecule has 0 radical (unpaired) electrons. The van der Waals surface area contributed by atoms with Crippen molar-refractivity contribution < 1.29 is 9.90 Å². The molecular formula is C11H12N4O2S2. The maximum atomic E-state index is 10.7. The fourth-order valence-corrected chi connectivity index (χ4v) is 3.05. The van der Waals surface area contributed by atoms with Gasteiger partial charge in [-0.2, -0.15) is 0 Å². The SMILES string of the molecule is O=C(O)CSc1nnc(C2CC2)n1Cc1cncs1. The minimum absolute atomic E-state index is 0.00545. The van der Waals surface area contributed by atoms with Crippen molar-refractivity contribution in [3.8, 4) is 0 Å². The van der Waals surface area contributed by atoms with E-state index in [4.69, 9.17) is 5.11 Å². The van der Waals surface area contributed by atoms with Gasteiger partial charge in [-0.3, -0.25) is 9.78 Å². The molecule has 2 aromatic rings. The fourth-order valence-electron chi connectivity index (χ4n) is 1.80. The van der Waals surface area contributed by atoms with Crippen LogP contribution in [0.5, 0.6) is 0 Å². The lowest BCUT2D eigenvalue weighted by atomic mass is 10.4. The van der Waals surface area contributed by atoms with E-state index in [1.165, 1.54) is 11.8 Å². The largest absolute Gasteiger partial charge is 0.481 e. The zero-order valence-electron chi connectivity index (χ0n) is 10.0. The molecule has 0 saturated heterocycles. The third-order valence-electron chi connectivity index (χ3n) is 2.81. The third kappa shape index (κ3) is 2.95. The van der Waals surface area contributed by atoms with Crippen LogP contribution in [0.2, 0.25) is 0 Å². The van der Waals surface area contributed by atoms with Crippen molar-refractivity contribution in [1.29, 1.82) is 0 Å². The summed E-state index contributed by atoms with van der Waals surface area (Å²) < 4.78 is 2.03. The molecule has 0 spiro atoms. The van der Waals surface area contributed by atoms with Gasteiger partial charge in [-0.15, -0.1) is 21.5 Å². The van der Waals surface area contributed by atoms with E-state index < -0.39 is 5.97 Å². The van der Waals surface area contributed by atoms with Gasteiger partial charge in [0.05, 0.1) is 17.8 Å². The lowest BCUT2D eigenvalue weighted by Crippen LogP contribution is -2.06. The summed E-state index contributed by atoms with van der Waals surface area (Å²) in [6.07, 6.45) is 4.11. The summed E-state index contributed by atoms with van der Waals surface area (Å²) in [6.45, 7) is 0.672. The molecule has 1 saturated carbocycles. The molecule has 19 heavy (non-hydrogen) atoms. The Labute approximate surface area is 117 Å². The van der Waals surface area contributed by atoms with Crippen LogP contribution in [0.4, 0.5) is 0 Å². The number of carboxylic acids is 1. The Bertz CT molecular complexity index is 578. The number of nitrogens with zero attached hydrogens (tertiary/aromatic N) is 4. The van der Waals surface area contributed by atoms with Crippen LogP contribution in [0.3, 0.4) is 0 Å². The Balaban J connectivity index is 1.84. The maximum absolute atomic E-state index is 10.7. The topological polar surface area (TPSA) is 80.9 Å². The summed E-state index contributed by atoms with van der Waals surface area (Å²) in [7, 11) is 0. The average Bonchev–Trinajstić information content (AvgIpc) is 2.95. The van der Waals surface area contributed by atoms with Gasteiger partial charge in [0.1, 0.15) is 5.82 Å². The van der Waals surface area contributed by atoms with E-state index in [-0.39, 0.29) is 5.75 Å². The van der Waals surface area contributed by atoms with Gasteiger partial charge in [0.25, 0.3) is 0 Å². The molecule has 0 atom stereocenters. The first-order valence-electron chi connectivity index (χ1n) is 5.89. The predicted octanol–water partition coefficient (Wildman–Crippen LogP) is 1.84. The number of thiazole rings is 1. The van der Waals surface area contributed by atoms with Gasteiger partial charge >= 0.3 is 5.97 Å². The highest BCUT2D eigenvalue weighted by molar-refractivity contribution is 7.99. The first-order valence-corrected chi connectivity index (χ1v) is 7.75. The molecule has 0 aliphatic heterocycles.